The van der Waals surface area contributed by atoms with Crippen LogP contribution in [0.5, 0.6) is 0 Å². The lowest BCUT2D eigenvalue weighted by Gasteiger charge is -2.35. The Kier molecular flexibility index (Phi) is 5.89. The molecule has 0 aromatic heterocycles. The van der Waals surface area contributed by atoms with Crippen LogP contribution >= 0.6 is 11.6 Å². The highest BCUT2D eigenvalue weighted by molar-refractivity contribution is 7.92. The standard InChI is InChI=1S/C15H21ClN2O4S/c1-3-14(15(19)17-8-10-22-11-9-17)18(23(2,20)21)13-6-4-12(16)5-7-13/h4-7,14H,3,8-11H2,1-2H3. The van der Waals surface area contributed by atoms with E-state index in [2.05, 4.69) is 0 Å². The molecule has 1 amide bonds. The van der Waals surface area contributed by atoms with Gasteiger partial charge < -0.3 is 9.64 Å². The fourth-order valence-electron chi connectivity index (χ4n) is 2.63. The van der Waals surface area contributed by atoms with Crippen LogP contribution in [0.3, 0.4) is 0 Å². The van der Waals surface area contributed by atoms with E-state index in [1.807, 2.05) is 0 Å². The molecule has 1 aliphatic rings. The first kappa shape index (κ1) is 18.0. The minimum atomic E-state index is -3.61. The number of anilines is 1. The second-order valence-corrected chi connectivity index (χ2v) is 7.69. The van der Waals surface area contributed by atoms with Gasteiger partial charge in [0, 0.05) is 18.1 Å². The minimum Gasteiger partial charge on any atom is -0.378 e. The van der Waals surface area contributed by atoms with Gasteiger partial charge in [0.15, 0.2) is 0 Å². The largest absolute Gasteiger partial charge is 0.378 e. The minimum absolute atomic E-state index is 0.198. The number of ether oxygens (including phenoxy) is 1. The third-order valence-corrected chi connectivity index (χ3v) is 5.15. The average Bonchev–Trinajstić information content (AvgIpc) is 2.53. The fourth-order valence-corrected chi connectivity index (χ4v) is 3.96. The summed E-state index contributed by atoms with van der Waals surface area (Å²) in [4.78, 5) is 14.5. The molecule has 128 valence electrons. The lowest BCUT2D eigenvalue weighted by molar-refractivity contribution is -0.136. The van der Waals surface area contributed by atoms with E-state index in [0.29, 0.717) is 43.4 Å². The normalized spacial score (nSPS) is 16.9. The number of sulfonamides is 1. The molecular weight excluding hydrogens is 340 g/mol. The number of nitrogens with zero attached hydrogens (tertiary/aromatic N) is 2. The van der Waals surface area contributed by atoms with E-state index in [0.717, 1.165) is 6.26 Å². The predicted molar refractivity (Wildman–Crippen MR) is 90.3 cm³/mol. The SMILES string of the molecule is CCC(C(=O)N1CCOCC1)N(c1ccc(Cl)cc1)S(C)(=O)=O. The smallest absolute Gasteiger partial charge is 0.246 e. The van der Waals surface area contributed by atoms with Gasteiger partial charge in [-0.05, 0) is 30.7 Å². The van der Waals surface area contributed by atoms with Crippen LogP contribution in [-0.2, 0) is 19.6 Å². The van der Waals surface area contributed by atoms with Crippen molar-refractivity contribution in [3.63, 3.8) is 0 Å². The molecule has 23 heavy (non-hydrogen) atoms. The maximum absolute atomic E-state index is 12.8. The van der Waals surface area contributed by atoms with Crippen molar-refractivity contribution in [2.24, 2.45) is 0 Å². The third kappa shape index (κ3) is 4.37. The molecule has 0 radical (unpaired) electrons. The maximum atomic E-state index is 12.8. The van der Waals surface area contributed by atoms with Crippen LogP contribution in [0.25, 0.3) is 0 Å². The van der Waals surface area contributed by atoms with Gasteiger partial charge in [-0.2, -0.15) is 0 Å². The van der Waals surface area contributed by atoms with E-state index in [-0.39, 0.29) is 5.91 Å². The molecule has 0 spiro atoms. The third-order valence-electron chi connectivity index (χ3n) is 3.72. The van der Waals surface area contributed by atoms with Gasteiger partial charge in [-0.25, -0.2) is 8.42 Å². The van der Waals surface area contributed by atoms with Crippen molar-refractivity contribution < 1.29 is 17.9 Å². The predicted octanol–water partition coefficient (Wildman–Crippen LogP) is 1.74. The second kappa shape index (κ2) is 7.51. The van der Waals surface area contributed by atoms with Crippen LogP contribution in [0.1, 0.15) is 13.3 Å². The summed E-state index contributed by atoms with van der Waals surface area (Å²) < 4.78 is 31.0. The first-order chi connectivity index (χ1) is 10.8. The number of carbonyl (C=O) groups excluding carboxylic acids is 1. The van der Waals surface area contributed by atoms with E-state index < -0.39 is 16.1 Å². The van der Waals surface area contributed by atoms with E-state index in [9.17, 15) is 13.2 Å². The summed E-state index contributed by atoms with van der Waals surface area (Å²) in [7, 11) is -3.61. The summed E-state index contributed by atoms with van der Waals surface area (Å²) in [6.45, 7) is 3.71. The Balaban J connectivity index is 2.35. The Hall–Kier alpha value is -1.31. The van der Waals surface area contributed by atoms with Crippen molar-refractivity contribution in [1.82, 2.24) is 4.90 Å². The molecule has 1 aliphatic heterocycles. The molecule has 1 saturated heterocycles. The number of carbonyl (C=O) groups is 1. The molecule has 6 nitrogen and oxygen atoms in total. The molecule has 0 bridgehead atoms. The molecular formula is C15H21ClN2O4S. The molecule has 8 heteroatoms. The van der Waals surface area contributed by atoms with Crippen LogP contribution in [-0.4, -0.2) is 57.8 Å². The average molecular weight is 361 g/mol. The summed E-state index contributed by atoms with van der Waals surface area (Å²) in [5.74, 6) is -0.198. The summed E-state index contributed by atoms with van der Waals surface area (Å²) in [6.07, 6.45) is 1.49. The number of hydrogen-bond donors (Lipinski definition) is 0. The van der Waals surface area contributed by atoms with Crippen molar-refractivity contribution >= 4 is 33.2 Å². The number of benzene rings is 1. The van der Waals surface area contributed by atoms with Crippen LogP contribution in [0.4, 0.5) is 5.69 Å². The quantitative estimate of drug-likeness (QED) is 0.802. The summed E-state index contributed by atoms with van der Waals surface area (Å²) >= 11 is 5.87. The van der Waals surface area contributed by atoms with Crippen molar-refractivity contribution in [2.75, 3.05) is 36.9 Å². The Bertz CT molecular complexity index is 642. The highest BCUT2D eigenvalue weighted by Gasteiger charge is 2.34. The van der Waals surface area contributed by atoms with Gasteiger partial charge in [0.2, 0.25) is 15.9 Å². The van der Waals surface area contributed by atoms with Gasteiger partial charge in [-0.1, -0.05) is 18.5 Å². The Morgan fingerprint density at radius 3 is 2.35 bits per heavy atom. The molecule has 0 saturated carbocycles. The summed E-state index contributed by atoms with van der Waals surface area (Å²) in [5, 5.41) is 0.509. The highest BCUT2D eigenvalue weighted by atomic mass is 35.5. The maximum Gasteiger partial charge on any atom is 0.246 e. The molecule has 1 heterocycles. The highest BCUT2D eigenvalue weighted by Crippen LogP contribution is 2.25. The zero-order chi connectivity index (χ0) is 17.0. The summed E-state index contributed by atoms with van der Waals surface area (Å²) in [6, 6.07) is 5.67. The van der Waals surface area contributed by atoms with Crippen LogP contribution in [0.2, 0.25) is 5.02 Å². The molecule has 0 N–H and O–H groups in total. The Morgan fingerprint density at radius 2 is 1.87 bits per heavy atom. The topological polar surface area (TPSA) is 66.9 Å². The first-order valence-electron chi connectivity index (χ1n) is 7.46. The molecule has 1 aromatic carbocycles. The molecule has 1 unspecified atom stereocenters. The zero-order valence-electron chi connectivity index (χ0n) is 13.2. The van der Waals surface area contributed by atoms with Gasteiger partial charge in [-0.15, -0.1) is 0 Å². The molecule has 0 aliphatic carbocycles. The molecule has 1 aromatic rings. The van der Waals surface area contributed by atoms with Crippen LogP contribution < -0.4 is 4.31 Å². The van der Waals surface area contributed by atoms with Crippen LogP contribution in [0.15, 0.2) is 24.3 Å². The van der Waals surface area contributed by atoms with E-state index >= 15 is 0 Å². The monoisotopic (exact) mass is 360 g/mol. The van der Waals surface area contributed by atoms with Crippen molar-refractivity contribution in [2.45, 2.75) is 19.4 Å². The molecule has 1 fully saturated rings. The van der Waals surface area contributed by atoms with E-state index in [4.69, 9.17) is 16.3 Å². The van der Waals surface area contributed by atoms with Gasteiger partial charge in [0.05, 0.1) is 25.2 Å². The first-order valence-corrected chi connectivity index (χ1v) is 9.68. The van der Waals surface area contributed by atoms with E-state index in [1.165, 1.54) is 4.31 Å². The Morgan fingerprint density at radius 1 is 1.30 bits per heavy atom. The van der Waals surface area contributed by atoms with Crippen LogP contribution in [0, 0.1) is 0 Å². The van der Waals surface area contributed by atoms with Crippen molar-refractivity contribution in [3.8, 4) is 0 Å². The van der Waals surface area contributed by atoms with Gasteiger partial charge >= 0.3 is 0 Å². The number of halogens is 1. The lowest BCUT2D eigenvalue weighted by atomic mass is 10.1. The fraction of sp³-hybridized carbons (Fsp3) is 0.533. The number of rotatable bonds is 5. The van der Waals surface area contributed by atoms with E-state index in [1.54, 1.807) is 36.1 Å². The van der Waals surface area contributed by atoms with Gasteiger partial charge in [-0.3, -0.25) is 9.10 Å². The second-order valence-electron chi connectivity index (χ2n) is 5.40. The Labute approximate surface area is 142 Å². The van der Waals surface area contributed by atoms with Gasteiger partial charge in [0.1, 0.15) is 6.04 Å². The molecule has 1 atom stereocenters. The van der Waals surface area contributed by atoms with Crippen molar-refractivity contribution in [1.29, 1.82) is 0 Å². The van der Waals surface area contributed by atoms with Gasteiger partial charge in [0.25, 0.3) is 0 Å². The van der Waals surface area contributed by atoms with Crippen molar-refractivity contribution in [3.05, 3.63) is 29.3 Å². The number of morpholine rings is 1. The zero-order valence-corrected chi connectivity index (χ0v) is 14.8. The number of amides is 1. The molecule has 2 rings (SSSR count). The number of hydrogen-bond acceptors (Lipinski definition) is 4. The summed E-state index contributed by atoms with van der Waals surface area (Å²) in [5.41, 5.74) is 0.436. The lowest BCUT2D eigenvalue weighted by Crippen LogP contribution is -2.53.